The highest BCUT2D eigenvalue weighted by molar-refractivity contribution is 7.99. The van der Waals surface area contributed by atoms with Gasteiger partial charge in [0.15, 0.2) is 0 Å². The van der Waals surface area contributed by atoms with Gasteiger partial charge in [0.25, 0.3) is 5.95 Å². The molecule has 2 heterocycles. The van der Waals surface area contributed by atoms with E-state index in [9.17, 15) is 9.18 Å². The third-order valence-corrected chi connectivity index (χ3v) is 5.23. The molecule has 0 aliphatic rings. The maximum absolute atomic E-state index is 13.1. The molecule has 0 unspecified atom stereocenters. The molecule has 0 atom stereocenters. The van der Waals surface area contributed by atoms with Crippen LogP contribution in [0.2, 0.25) is 0 Å². The molecule has 11 heteroatoms. The minimum absolute atomic E-state index is 0.0450. The second-order valence-corrected chi connectivity index (χ2v) is 7.20. The number of carbonyl (C=O) groups is 1. The lowest BCUT2D eigenvalue weighted by Crippen LogP contribution is -2.17. The van der Waals surface area contributed by atoms with Gasteiger partial charge in [-0.25, -0.2) is 14.5 Å². The first-order chi connectivity index (χ1) is 13.0. The Labute approximate surface area is 162 Å². The molecular formula is C16H16FN7OS2. The Kier molecular flexibility index (Phi) is 6.04. The minimum Gasteiger partial charge on any atom is -0.334 e. The van der Waals surface area contributed by atoms with Gasteiger partial charge in [-0.1, -0.05) is 23.9 Å². The Balaban J connectivity index is 1.55. The van der Waals surface area contributed by atoms with E-state index in [1.807, 2.05) is 24.4 Å². The molecule has 27 heavy (non-hydrogen) atoms. The van der Waals surface area contributed by atoms with E-state index >= 15 is 0 Å². The van der Waals surface area contributed by atoms with Gasteiger partial charge in [-0.15, -0.1) is 21.5 Å². The van der Waals surface area contributed by atoms with Crippen molar-refractivity contribution >= 4 is 46.4 Å². The molecular weight excluding hydrogens is 389 g/mol. The monoisotopic (exact) mass is 405 g/mol. The molecule has 0 radical (unpaired) electrons. The Bertz CT molecular complexity index is 956. The molecule has 140 valence electrons. The number of aromatic nitrogens is 3. The number of halogens is 1. The van der Waals surface area contributed by atoms with Crippen molar-refractivity contribution in [3.63, 3.8) is 0 Å². The second-order valence-electron chi connectivity index (χ2n) is 5.31. The second kappa shape index (κ2) is 8.64. The number of thioether (sulfide) groups is 1. The van der Waals surface area contributed by atoms with E-state index in [1.54, 1.807) is 17.4 Å². The molecule has 8 nitrogen and oxygen atoms in total. The first-order valence-corrected chi connectivity index (χ1v) is 9.62. The van der Waals surface area contributed by atoms with E-state index < -0.39 is 5.82 Å². The van der Waals surface area contributed by atoms with Gasteiger partial charge in [-0.3, -0.25) is 4.79 Å². The van der Waals surface area contributed by atoms with E-state index in [2.05, 4.69) is 26.0 Å². The van der Waals surface area contributed by atoms with Crippen molar-refractivity contribution in [1.29, 1.82) is 0 Å². The summed E-state index contributed by atoms with van der Waals surface area (Å²) < 4.78 is 14.3. The van der Waals surface area contributed by atoms with Crippen LogP contribution < -0.4 is 16.6 Å². The van der Waals surface area contributed by atoms with Gasteiger partial charge in [-0.05, 0) is 36.6 Å². The van der Waals surface area contributed by atoms with E-state index in [4.69, 9.17) is 5.84 Å². The lowest BCUT2D eigenvalue weighted by molar-refractivity contribution is -0.113. The summed E-state index contributed by atoms with van der Waals surface area (Å²) in [4.78, 5) is 13.0. The SMILES string of the molecule is C/C(=N\Nc1nnc(SCC(=O)Nc2cccc(F)c2)n1N)c1cccs1. The molecule has 2 aromatic heterocycles. The maximum atomic E-state index is 13.1. The number of hydrazone groups is 1. The topological polar surface area (TPSA) is 110 Å². The summed E-state index contributed by atoms with van der Waals surface area (Å²) in [6.45, 7) is 1.86. The highest BCUT2D eigenvalue weighted by atomic mass is 32.2. The van der Waals surface area contributed by atoms with Crippen LogP contribution in [0.5, 0.6) is 0 Å². The predicted molar refractivity (Wildman–Crippen MR) is 106 cm³/mol. The summed E-state index contributed by atoms with van der Waals surface area (Å²) in [7, 11) is 0. The van der Waals surface area contributed by atoms with Gasteiger partial charge in [0.1, 0.15) is 5.82 Å². The number of nitrogens with zero attached hydrogens (tertiary/aromatic N) is 4. The molecule has 1 amide bonds. The zero-order chi connectivity index (χ0) is 19.2. The van der Waals surface area contributed by atoms with E-state index in [0.29, 0.717) is 10.8 Å². The lowest BCUT2D eigenvalue weighted by atomic mass is 10.3. The summed E-state index contributed by atoms with van der Waals surface area (Å²) in [6.07, 6.45) is 0. The Morgan fingerprint density at radius 3 is 2.96 bits per heavy atom. The fraction of sp³-hybridized carbons (Fsp3) is 0.125. The summed E-state index contributed by atoms with van der Waals surface area (Å²) in [5.41, 5.74) is 3.93. The number of carbonyl (C=O) groups excluding carboxylic acids is 1. The number of hydrogen-bond acceptors (Lipinski definition) is 8. The van der Waals surface area contributed by atoms with Gasteiger partial charge in [-0.2, -0.15) is 5.10 Å². The number of nitrogen functional groups attached to an aromatic ring is 1. The van der Waals surface area contributed by atoms with Crippen LogP contribution in [0.4, 0.5) is 16.0 Å². The Morgan fingerprint density at radius 1 is 1.37 bits per heavy atom. The van der Waals surface area contributed by atoms with Gasteiger partial charge in [0.05, 0.1) is 11.5 Å². The normalized spacial score (nSPS) is 11.4. The van der Waals surface area contributed by atoms with Crippen molar-refractivity contribution in [3.05, 3.63) is 52.5 Å². The van der Waals surface area contributed by atoms with Gasteiger partial charge in [0.2, 0.25) is 11.1 Å². The number of hydrogen-bond donors (Lipinski definition) is 3. The predicted octanol–water partition coefficient (Wildman–Crippen LogP) is 2.76. The van der Waals surface area contributed by atoms with E-state index in [0.717, 1.165) is 22.4 Å². The molecule has 0 bridgehead atoms. The first-order valence-electron chi connectivity index (χ1n) is 7.76. The fourth-order valence-electron chi connectivity index (χ4n) is 2.02. The van der Waals surface area contributed by atoms with Gasteiger partial charge in [0, 0.05) is 10.6 Å². The van der Waals surface area contributed by atoms with Gasteiger partial charge < -0.3 is 11.2 Å². The molecule has 1 aromatic carbocycles. The number of nitrogens with one attached hydrogen (secondary N) is 2. The summed E-state index contributed by atoms with van der Waals surface area (Å²) >= 11 is 2.68. The lowest BCUT2D eigenvalue weighted by Gasteiger charge is -2.05. The number of amides is 1. The van der Waals surface area contributed by atoms with Crippen LogP contribution in [0.3, 0.4) is 0 Å². The number of benzene rings is 1. The summed E-state index contributed by atoms with van der Waals surface area (Å²) in [5, 5.41) is 17.0. The highest BCUT2D eigenvalue weighted by Gasteiger charge is 2.12. The third-order valence-electron chi connectivity index (χ3n) is 3.31. The van der Waals surface area contributed by atoms with Crippen LogP contribution >= 0.6 is 23.1 Å². The molecule has 0 saturated carbocycles. The van der Waals surface area contributed by atoms with Crippen molar-refractivity contribution in [2.75, 3.05) is 22.3 Å². The zero-order valence-electron chi connectivity index (χ0n) is 14.2. The molecule has 4 N–H and O–H groups in total. The standard InChI is InChI=1S/C16H16FN7OS2/c1-10(13-6-3-7-26-13)20-21-15-22-23-16(24(15)18)27-9-14(25)19-12-5-2-4-11(17)8-12/h2-8H,9,18H2,1H3,(H,19,25)(H,21,22)/b20-10+. The molecule has 0 fully saturated rings. The van der Waals surface area contributed by atoms with Gasteiger partial charge >= 0.3 is 0 Å². The first kappa shape index (κ1) is 18.9. The number of nitrogens with two attached hydrogens (primary N) is 1. The molecule has 0 aliphatic heterocycles. The number of rotatable bonds is 7. The van der Waals surface area contributed by atoms with E-state index in [1.165, 1.54) is 22.9 Å². The average Bonchev–Trinajstić information content (AvgIpc) is 3.28. The van der Waals surface area contributed by atoms with Crippen LogP contribution in [-0.4, -0.2) is 32.2 Å². The maximum Gasteiger partial charge on any atom is 0.264 e. The van der Waals surface area contributed by atoms with Crippen molar-refractivity contribution in [3.8, 4) is 0 Å². The van der Waals surface area contributed by atoms with Crippen molar-refractivity contribution < 1.29 is 9.18 Å². The van der Waals surface area contributed by atoms with Crippen LogP contribution in [0.25, 0.3) is 0 Å². The van der Waals surface area contributed by atoms with Crippen LogP contribution in [0, 0.1) is 5.82 Å². The fourth-order valence-corrected chi connectivity index (χ4v) is 3.35. The smallest absolute Gasteiger partial charge is 0.264 e. The molecule has 3 aromatic rings. The quantitative estimate of drug-likeness (QED) is 0.241. The molecule has 0 saturated heterocycles. The van der Waals surface area contributed by atoms with Crippen LogP contribution in [-0.2, 0) is 4.79 Å². The Morgan fingerprint density at radius 2 is 2.22 bits per heavy atom. The third kappa shape index (κ3) is 5.05. The minimum atomic E-state index is -0.420. The molecule has 3 rings (SSSR count). The summed E-state index contributed by atoms with van der Waals surface area (Å²) in [6, 6.07) is 9.56. The van der Waals surface area contributed by atoms with Crippen molar-refractivity contribution in [2.45, 2.75) is 12.1 Å². The Hall–Kier alpha value is -2.92. The van der Waals surface area contributed by atoms with Crippen molar-refractivity contribution in [2.24, 2.45) is 5.10 Å². The largest absolute Gasteiger partial charge is 0.334 e. The number of anilines is 2. The number of thiophene rings is 1. The molecule has 0 aliphatic carbocycles. The van der Waals surface area contributed by atoms with E-state index in [-0.39, 0.29) is 17.6 Å². The average molecular weight is 405 g/mol. The van der Waals surface area contributed by atoms with Crippen LogP contribution in [0.1, 0.15) is 11.8 Å². The zero-order valence-corrected chi connectivity index (χ0v) is 15.9. The van der Waals surface area contributed by atoms with Crippen LogP contribution in [0.15, 0.2) is 52.0 Å². The van der Waals surface area contributed by atoms with Crippen molar-refractivity contribution in [1.82, 2.24) is 14.9 Å². The molecule has 0 spiro atoms. The highest BCUT2D eigenvalue weighted by Crippen LogP contribution is 2.18. The summed E-state index contributed by atoms with van der Waals surface area (Å²) in [5.74, 6) is 5.49.